The van der Waals surface area contributed by atoms with E-state index in [2.05, 4.69) is 39.8 Å². The molecule has 0 spiro atoms. The Labute approximate surface area is 119 Å². The van der Waals surface area contributed by atoms with Gasteiger partial charge in [-0.1, -0.05) is 39.8 Å². The predicted octanol–water partition coefficient (Wildman–Crippen LogP) is 5.15. The molecule has 0 amide bonds. The fourth-order valence-electron chi connectivity index (χ4n) is 6.73. The molecule has 0 heteroatoms. The highest BCUT2D eigenvalue weighted by Gasteiger charge is 2.65. The van der Waals surface area contributed by atoms with E-state index in [-0.39, 0.29) is 0 Å². The van der Waals surface area contributed by atoms with Crippen molar-refractivity contribution in [2.24, 2.45) is 52.8 Å². The van der Waals surface area contributed by atoms with E-state index in [1.807, 2.05) is 0 Å². The SMILES string of the molecule is CC1CC2CC=C[C@@H]3C([C@@H]2C1)[C@H](C)CC1[C@@H]3C1(C)C. The predicted molar refractivity (Wildman–Crippen MR) is 80.7 cm³/mol. The molecular weight excluding hydrogens is 228 g/mol. The van der Waals surface area contributed by atoms with Gasteiger partial charge in [0.1, 0.15) is 0 Å². The number of fused-ring (bicyclic) bond motifs is 5. The first-order valence-electron chi connectivity index (χ1n) is 8.66. The van der Waals surface area contributed by atoms with E-state index >= 15 is 0 Å². The first-order valence-corrected chi connectivity index (χ1v) is 8.66. The third-order valence-corrected chi connectivity index (χ3v) is 7.56. The van der Waals surface area contributed by atoms with Gasteiger partial charge in [0.25, 0.3) is 0 Å². The first kappa shape index (κ1) is 12.5. The molecule has 0 radical (unpaired) electrons. The average molecular weight is 258 g/mol. The fourth-order valence-corrected chi connectivity index (χ4v) is 6.73. The zero-order valence-electron chi connectivity index (χ0n) is 13.1. The number of hydrogen-bond acceptors (Lipinski definition) is 0. The summed E-state index contributed by atoms with van der Waals surface area (Å²) < 4.78 is 0. The molecule has 0 bridgehead atoms. The van der Waals surface area contributed by atoms with Crippen molar-refractivity contribution in [3.05, 3.63) is 12.2 Å². The lowest BCUT2D eigenvalue weighted by Crippen LogP contribution is -2.34. The van der Waals surface area contributed by atoms with Crippen LogP contribution in [0.1, 0.15) is 53.4 Å². The maximum Gasteiger partial charge on any atom is -0.0163 e. The maximum atomic E-state index is 2.66. The second-order valence-electron chi connectivity index (χ2n) is 8.99. The van der Waals surface area contributed by atoms with Crippen molar-refractivity contribution in [3.8, 4) is 0 Å². The van der Waals surface area contributed by atoms with Crippen LogP contribution in [0, 0.1) is 52.8 Å². The summed E-state index contributed by atoms with van der Waals surface area (Å²) in [7, 11) is 0. The van der Waals surface area contributed by atoms with Crippen LogP contribution in [0.15, 0.2) is 12.2 Å². The standard InChI is InChI=1S/C19H30/c1-11-8-13-6-5-7-14-17(15(13)9-11)12(2)10-16-18(14)19(16,3)4/h5,7,11-18H,6,8-10H2,1-4H3/t11?,12-,13?,14-,15-,16?,17?,18-/m1/s1. The van der Waals surface area contributed by atoms with E-state index < -0.39 is 0 Å². The summed E-state index contributed by atoms with van der Waals surface area (Å²) in [5.41, 5.74) is 0.641. The Morgan fingerprint density at radius 2 is 1.84 bits per heavy atom. The molecule has 0 nitrogen and oxygen atoms in total. The van der Waals surface area contributed by atoms with Crippen molar-refractivity contribution >= 4 is 0 Å². The Morgan fingerprint density at radius 3 is 2.63 bits per heavy atom. The molecule has 0 aliphatic heterocycles. The monoisotopic (exact) mass is 258 g/mol. The molecule has 0 heterocycles. The molecular formula is C19H30. The Morgan fingerprint density at radius 1 is 1.05 bits per heavy atom. The molecule has 19 heavy (non-hydrogen) atoms. The van der Waals surface area contributed by atoms with E-state index in [1.165, 1.54) is 25.7 Å². The normalized spacial score (nSPS) is 57.9. The molecule has 3 fully saturated rings. The molecule has 0 saturated heterocycles. The molecule has 0 aromatic carbocycles. The van der Waals surface area contributed by atoms with Crippen LogP contribution in [-0.4, -0.2) is 0 Å². The summed E-state index contributed by atoms with van der Waals surface area (Å²) in [6.07, 6.45) is 11.2. The highest BCUT2D eigenvalue weighted by molar-refractivity contribution is 5.19. The van der Waals surface area contributed by atoms with Gasteiger partial charge in [-0.25, -0.2) is 0 Å². The highest BCUT2D eigenvalue weighted by Crippen LogP contribution is 2.71. The van der Waals surface area contributed by atoms with Crippen molar-refractivity contribution in [2.45, 2.75) is 53.4 Å². The van der Waals surface area contributed by atoms with Crippen molar-refractivity contribution in [3.63, 3.8) is 0 Å². The number of hydrogen-bond donors (Lipinski definition) is 0. The second-order valence-corrected chi connectivity index (χ2v) is 8.99. The lowest BCUT2D eigenvalue weighted by molar-refractivity contribution is 0.0994. The van der Waals surface area contributed by atoms with Crippen molar-refractivity contribution < 1.29 is 0 Å². The van der Waals surface area contributed by atoms with Gasteiger partial charge in [-0.3, -0.25) is 0 Å². The van der Waals surface area contributed by atoms with E-state index in [9.17, 15) is 0 Å². The summed E-state index contributed by atoms with van der Waals surface area (Å²) >= 11 is 0. The molecule has 106 valence electrons. The zero-order valence-corrected chi connectivity index (χ0v) is 13.1. The van der Waals surface area contributed by atoms with Crippen LogP contribution in [0.2, 0.25) is 0 Å². The first-order chi connectivity index (χ1) is 9.00. The molecule has 3 saturated carbocycles. The average Bonchev–Trinajstić information content (AvgIpc) is 2.75. The lowest BCUT2D eigenvalue weighted by Gasteiger charge is -2.40. The van der Waals surface area contributed by atoms with Gasteiger partial charge in [-0.2, -0.15) is 0 Å². The minimum absolute atomic E-state index is 0.641. The molecule has 4 aliphatic rings. The molecule has 0 aromatic rings. The summed E-state index contributed by atoms with van der Waals surface area (Å²) in [5.74, 6) is 7.99. The van der Waals surface area contributed by atoms with Crippen LogP contribution in [0.25, 0.3) is 0 Å². The van der Waals surface area contributed by atoms with Gasteiger partial charge in [0.2, 0.25) is 0 Å². The minimum atomic E-state index is 0.641. The van der Waals surface area contributed by atoms with Crippen molar-refractivity contribution in [2.75, 3.05) is 0 Å². The van der Waals surface area contributed by atoms with E-state index in [1.54, 1.807) is 0 Å². The quantitative estimate of drug-likeness (QED) is 0.527. The highest BCUT2D eigenvalue weighted by atomic mass is 14.7. The summed E-state index contributed by atoms with van der Waals surface area (Å²) in [6, 6.07) is 0. The maximum absolute atomic E-state index is 2.66. The van der Waals surface area contributed by atoms with Crippen LogP contribution in [-0.2, 0) is 0 Å². The Hall–Kier alpha value is -0.260. The van der Waals surface area contributed by atoms with Gasteiger partial charge in [0, 0.05) is 0 Å². The van der Waals surface area contributed by atoms with E-state index in [0.29, 0.717) is 5.41 Å². The van der Waals surface area contributed by atoms with Crippen molar-refractivity contribution in [1.29, 1.82) is 0 Å². The molecule has 4 rings (SSSR count). The van der Waals surface area contributed by atoms with Crippen molar-refractivity contribution in [1.82, 2.24) is 0 Å². The molecule has 4 unspecified atom stereocenters. The smallest absolute Gasteiger partial charge is 0.0163 e. The van der Waals surface area contributed by atoms with Crippen LogP contribution in [0.3, 0.4) is 0 Å². The number of allylic oxidation sites excluding steroid dienone is 2. The Bertz CT molecular complexity index is 404. The topological polar surface area (TPSA) is 0 Å². The Balaban J connectivity index is 1.68. The molecule has 0 N–H and O–H groups in total. The molecule has 0 aromatic heterocycles. The molecule has 4 aliphatic carbocycles. The van der Waals surface area contributed by atoms with Crippen LogP contribution in [0.4, 0.5) is 0 Å². The van der Waals surface area contributed by atoms with Gasteiger partial charge < -0.3 is 0 Å². The fraction of sp³-hybridized carbons (Fsp3) is 0.895. The van der Waals surface area contributed by atoms with Gasteiger partial charge in [-0.05, 0) is 78.4 Å². The summed E-state index contributed by atoms with van der Waals surface area (Å²) in [4.78, 5) is 0. The third kappa shape index (κ3) is 1.64. The van der Waals surface area contributed by atoms with E-state index in [0.717, 1.165) is 47.3 Å². The Kier molecular flexibility index (Phi) is 2.56. The van der Waals surface area contributed by atoms with Crippen LogP contribution < -0.4 is 0 Å². The van der Waals surface area contributed by atoms with Gasteiger partial charge in [0.05, 0.1) is 0 Å². The summed E-state index contributed by atoms with van der Waals surface area (Å²) in [5, 5.41) is 0. The van der Waals surface area contributed by atoms with Crippen LogP contribution >= 0.6 is 0 Å². The largest absolute Gasteiger partial charge is 0.0880 e. The zero-order chi connectivity index (χ0) is 13.4. The van der Waals surface area contributed by atoms with Gasteiger partial charge in [0.15, 0.2) is 0 Å². The van der Waals surface area contributed by atoms with Gasteiger partial charge in [-0.15, -0.1) is 0 Å². The van der Waals surface area contributed by atoms with E-state index in [4.69, 9.17) is 0 Å². The third-order valence-electron chi connectivity index (χ3n) is 7.56. The summed E-state index contributed by atoms with van der Waals surface area (Å²) in [6.45, 7) is 10.1. The molecule has 8 atom stereocenters. The lowest BCUT2D eigenvalue weighted by atomic mass is 9.65. The second kappa shape index (κ2) is 3.89. The van der Waals surface area contributed by atoms with Gasteiger partial charge >= 0.3 is 0 Å². The van der Waals surface area contributed by atoms with Crippen LogP contribution in [0.5, 0.6) is 0 Å². The number of rotatable bonds is 0. The minimum Gasteiger partial charge on any atom is -0.0880 e.